The Morgan fingerprint density at radius 3 is 3.06 bits per heavy atom. The summed E-state index contributed by atoms with van der Waals surface area (Å²) in [7, 11) is 0. The SMILES string of the molecule is N#CCN1CCCCC1c1cc2ccccc2[nH]1. The van der Waals surface area contributed by atoms with Gasteiger partial charge >= 0.3 is 0 Å². The molecule has 1 aromatic heterocycles. The number of hydrogen-bond acceptors (Lipinski definition) is 2. The predicted octanol–water partition coefficient (Wildman–Crippen LogP) is 3.22. The maximum Gasteiger partial charge on any atom is 0.0871 e. The summed E-state index contributed by atoms with van der Waals surface area (Å²) >= 11 is 0. The summed E-state index contributed by atoms with van der Waals surface area (Å²) in [5.74, 6) is 0. The van der Waals surface area contributed by atoms with Crippen molar-refractivity contribution in [2.75, 3.05) is 13.1 Å². The second-order valence-corrected chi connectivity index (χ2v) is 4.95. The Kier molecular flexibility index (Phi) is 3.04. The number of nitrogens with zero attached hydrogens (tertiary/aromatic N) is 2. The summed E-state index contributed by atoms with van der Waals surface area (Å²) in [5.41, 5.74) is 2.45. The topological polar surface area (TPSA) is 42.8 Å². The number of aromatic amines is 1. The zero-order chi connectivity index (χ0) is 12.4. The molecule has 3 nitrogen and oxygen atoms in total. The van der Waals surface area contributed by atoms with Crippen molar-refractivity contribution in [1.29, 1.82) is 5.26 Å². The lowest BCUT2D eigenvalue weighted by Gasteiger charge is -2.33. The van der Waals surface area contributed by atoms with Gasteiger partial charge in [-0.05, 0) is 36.9 Å². The number of likely N-dealkylation sites (tertiary alicyclic amines) is 1. The third-order valence-electron chi connectivity index (χ3n) is 3.80. The van der Waals surface area contributed by atoms with E-state index < -0.39 is 0 Å². The fourth-order valence-corrected chi connectivity index (χ4v) is 2.90. The molecule has 2 aromatic rings. The summed E-state index contributed by atoms with van der Waals surface area (Å²) in [4.78, 5) is 5.79. The van der Waals surface area contributed by atoms with E-state index in [1.165, 1.54) is 29.4 Å². The van der Waals surface area contributed by atoms with E-state index >= 15 is 0 Å². The normalized spacial score (nSPS) is 20.9. The first-order valence-corrected chi connectivity index (χ1v) is 6.57. The molecule has 1 aromatic carbocycles. The predicted molar refractivity (Wildman–Crippen MR) is 72.1 cm³/mol. The molecule has 1 aliphatic rings. The molecule has 0 spiro atoms. The van der Waals surface area contributed by atoms with Gasteiger partial charge in [-0.25, -0.2) is 0 Å². The highest BCUT2D eigenvalue weighted by molar-refractivity contribution is 5.80. The Bertz CT molecular complexity index is 546. The zero-order valence-corrected chi connectivity index (χ0v) is 10.4. The van der Waals surface area contributed by atoms with Crippen molar-refractivity contribution in [3.05, 3.63) is 36.0 Å². The van der Waals surface area contributed by atoms with Crippen molar-refractivity contribution >= 4 is 10.9 Å². The highest BCUT2D eigenvalue weighted by atomic mass is 15.2. The van der Waals surface area contributed by atoms with Gasteiger partial charge in [-0.1, -0.05) is 24.6 Å². The molecule has 0 saturated carbocycles. The Labute approximate surface area is 107 Å². The van der Waals surface area contributed by atoms with Crippen molar-refractivity contribution < 1.29 is 0 Å². The van der Waals surface area contributed by atoms with Gasteiger partial charge in [-0.3, -0.25) is 4.90 Å². The van der Waals surface area contributed by atoms with Crippen molar-refractivity contribution in [3.8, 4) is 6.07 Å². The maximum atomic E-state index is 8.92. The van der Waals surface area contributed by atoms with Gasteiger partial charge in [-0.15, -0.1) is 0 Å². The highest BCUT2D eigenvalue weighted by Crippen LogP contribution is 2.31. The minimum Gasteiger partial charge on any atom is -0.357 e. The highest BCUT2D eigenvalue weighted by Gasteiger charge is 2.24. The van der Waals surface area contributed by atoms with E-state index in [9.17, 15) is 0 Å². The van der Waals surface area contributed by atoms with Crippen LogP contribution in [0.3, 0.4) is 0 Å². The number of nitrogens with one attached hydrogen (secondary N) is 1. The summed E-state index contributed by atoms with van der Waals surface area (Å²) < 4.78 is 0. The molecule has 92 valence electrons. The second-order valence-electron chi connectivity index (χ2n) is 4.95. The molecule has 1 saturated heterocycles. The van der Waals surface area contributed by atoms with Crippen LogP contribution in [-0.2, 0) is 0 Å². The van der Waals surface area contributed by atoms with Gasteiger partial charge in [0.2, 0.25) is 0 Å². The van der Waals surface area contributed by atoms with Gasteiger partial charge < -0.3 is 4.98 Å². The van der Waals surface area contributed by atoms with E-state index in [0.29, 0.717) is 12.6 Å². The Hall–Kier alpha value is -1.79. The standard InChI is InChI=1S/C15H17N3/c16-8-10-18-9-4-3-7-15(18)14-11-12-5-1-2-6-13(12)17-14/h1-2,5-6,11,15,17H,3-4,7,9-10H2. The fourth-order valence-electron chi connectivity index (χ4n) is 2.90. The van der Waals surface area contributed by atoms with Gasteiger partial charge in [0.1, 0.15) is 0 Å². The number of rotatable bonds is 2. The minimum absolute atomic E-state index is 0.380. The maximum absolute atomic E-state index is 8.92. The zero-order valence-electron chi connectivity index (χ0n) is 10.4. The fraction of sp³-hybridized carbons (Fsp3) is 0.400. The number of H-pyrrole nitrogens is 1. The molecule has 3 heteroatoms. The second kappa shape index (κ2) is 4.83. The number of para-hydroxylation sites is 1. The van der Waals surface area contributed by atoms with Crippen LogP contribution in [0, 0.1) is 11.3 Å². The van der Waals surface area contributed by atoms with E-state index in [1.54, 1.807) is 0 Å². The van der Waals surface area contributed by atoms with E-state index in [2.05, 4.69) is 46.3 Å². The first kappa shape index (κ1) is 11.3. The van der Waals surface area contributed by atoms with E-state index in [-0.39, 0.29) is 0 Å². The molecule has 1 aliphatic heterocycles. The van der Waals surface area contributed by atoms with E-state index in [0.717, 1.165) is 13.0 Å². The quantitative estimate of drug-likeness (QED) is 0.818. The van der Waals surface area contributed by atoms with Gasteiger partial charge in [-0.2, -0.15) is 5.26 Å². The molecule has 0 amide bonds. The van der Waals surface area contributed by atoms with Crippen LogP contribution in [0.4, 0.5) is 0 Å². The van der Waals surface area contributed by atoms with Crippen molar-refractivity contribution in [2.45, 2.75) is 25.3 Å². The van der Waals surface area contributed by atoms with Crippen molar-refractivity contribution in [3.63, 3.8) is 0 Å². The number of hydrogen-bond donors (Lipinski definition) is 1. The lowest BCUT2D eigenvalue weighted by molar-refractivity contribution is 0.165. The van der Waals surface area contributed by atoms with Crippen LogP contribution < -0.4 is 0 Å². The molecule has 1 atom stereocenters. The summed E-state index contributed by atoms with van der Waals surface area (Å²) in [5, 5.41) is 10.2. The lowest BCUT2D eigenvalue weighted by Crippen LogP contribution is -2.33. The average Bonchev–Trinajstić information content (AvgIpc) is 2.83. The van der Waals surface area contributed by atoms with Crippen molar-refractivity contribution in [1.82, 2.24) is 9.88 Å². The molecule has 2 heterocycles. The molecule has 18 heavy (non-hydrogen) atoms. The molecule has 1 unspecified atom stereocenters. The smallest absolute Gasteiger partial charge is 0.0871 e. The van der Waals surface area contributed by atoms with Gasteiger partial charge in [0.05, 0.1) is 18.7 Å². The largest absolute Gasteiger partial charge is 0.357 e. The Balaban J connectivity index is 1.94. The third-order valence-corrected chi connectivity index (χ3v) is 3.80. The van der Waals surface area contributed by atoms with Crippen LogP contribution in [0.1, 0.15) is 31.0 Å². The number of piperidine rings is 1. The molecule has 3 rings (SSSR count). The van der Waals surface area contributed by atoms with Crippen LogP contribution >= 0.6 is 0 Å². The van der Waals surface area contributed by atoms with Crippen LogP contribution in [-0.4, -0.2) is 23.0 Å². The first-order chi connectivity index (χ1) is 8.88. The average molecular weight is 239 g/mol. The van der Waals surface area contributed by atoms with Crippen molar-refractivity contribution in [2.24, 2.45) is 0 Å². The Morgan fingerprint density at radius 1 is 1.33 bits per heavy atom. The van der Waals surface area contributed by atoms with E-state index in [1.807, 2.05) is 0 Å². The van der Waals surface area contributed by atoms with Crippen LogP contribution in [0.15, 0.2) is 30.3 Å². The van der Waals surface area contributed by atoms with Gasteiger partial charge in [0, 0.05) is 11.2 Å². The Morgan fingerprint density at radius 2 is 2.22 bits per heavy atom. The summed E-state index contributed by atoms with van der Waals surface area (Å²) in [6.07, 6.45) is 3.61. The molecule has 0 aliphatic carbocycles. The van der Waals surface area contributed by atoms with Crippen LogP contribution in [0.25, 0.3) is 10.9 Å². The van der Waals surface area contributed by atoms with E-state index in [4.69, 9.17) is 5.26 Å². The number of fused-ring (bicyclic) bond motifs is 1. The lowest BCUT2D eigenvalue weighted by atomic mass is 9.99. The van der Waals surface area contributed by atoms with Crippen LogP contribution in [0.2, 0.25) is 0 Å². The first-order valence-electron chi connectivity index (χ1n) is 6.57. The summed E-state index contributed by atoms with van der Waals surface area (Å²) in [6.45, 7) is 1.56. The summed E-state index contributed by atoms with van der Waals surface area (Å²) in [6, 6.07) is 13.2. The molecule has 0 radical (unpaired) electrons. The molecular weight excluding hydrogens is 222 g/mol. The molecule has 1 N–H and O–H groups in total. The van der Waals surface area contributed by atoms with Gasteiger partial charge in [0.25, 0.3) is 0 Å². The van der Waals surface area contributed by atoms with Crippen LogP contribution in [0.5, 0.6) is 0 Å². The number of nitriles is 1. The third kappa shape index (κ3) is 2.00. The molecular formula is C15H17N3. The molecule has 0 bridgehead atoms. The number of aromatic nitrogens is 1. The number of benzene rings is 1. The molecule has 1 fully saturated rings. The minimum atomic E-state index is 0.380. The van der Waals surface area contributed by atoms with Gasteiger partial charge in [0.15, 0.2) is 0 Å². The monoisotopic (exact) mass is 239 g/mol.